The fraction of sp³-hybridized carbons (Fsp3) is 0.200. The highest BCUT2D eigenvalue weighted by Crippen LogP contribution is 2.50. The number of nitrogens with zero attached hydrogens (tertiary/aromatic N) is 1. The van der Waals surface area contributed by atoms with E-state index in [0.29, 0.717) is 11.3 Å². The molecule has 1 aromatic rings. The van der Waals surface area contributed by atoms with Crippen LogP contribution in [-0.4, -0.2) is 29.7 Å². The molecular formula is C10H13N3O4. The maximum Gasteiger partial charge on any atom is 0.206 e. The molecule has 1 heterocycles. The van der Waals surface area contributed by atoms with E-state index >= 15 is 0 Å². The number of aromatic hydroxyl groups is 1. The Kier molecular flexibility index (Phi) is 2.60. The van der Waals surface area contributed by atoms with Gasteiger partial charge >= 0.3 is 0 Å². The number of ether oxygens (including phenoxy) is 2. The Labute approximate surface area is 97.6 Å². The van der Waals surface area contributed by atoms with Gasteiger partial charge in [0.25, 0.3) is 0 Å². The third-order valence-electron chi connectivity index (χ3n) is 2.48. The van der Waals surface area contributed by atoms with Crippen LogP contribution in [0.5, 0.6) is 17.2 Å². The number of methoxy groups -OCH3 is 2. The molecule has 0 saturated heterocycles. The van der Waals surface area contributed by atoms with E-state index in [1.54, 1.807) is 0 Å². The summed E-state index contributed by atoms with van der Waals surface area (Å²) >= 11 is 0. The van der Waals surface area contributed by atoms with E-state index in [2.05, 4.69) is 5.43 Å². The quantitative estimate of drug-likeness (QED) is 0.451. The molecule has 1 aromatic carbocycles. The summed E-state index contributed by atoms with van der Waals surface area (Å²) in [6.45, 7) is 0. The minimum atomic E-state index is -0.106. The Hall–Kier alpha value is -2.28. The first-order valence-corrected chi connectivity index (χ1v) is 4.79. The predicted octanol–water partition coefficient (Wildman–Crippen LogP) is 0.994. The molecule has 7 heteroatoms. The monoisotopic (exact) mass is 239 g/mol. The molecule has 0 atom stereocenters. The molecule has 0 radical (unpaired) electrons. The molecule has 0 bridgehead atoms. The minimum absolute atomic E-state index is 0.106. The Balaban J connectivity index is 2.72. The lowest BCUT2D eigenvalue weighted by molar-refractivity contribution is -0.0141. The van der Waals surface area contributed by atoms with Crippen LogP contribution in [0.3, 0.4) is 0 Å². The Morgan fingerprint density at radius 3 is 2.53 bits per heavy atom. The zero-order valence-corrected chi connectivity index (χ0v) is 9.39. The average Bonchev–Trinajstić information content (AvgIpc) is 2.33. The summed E-state index contributed by atoms with van der Waals surface area (Å²) < 4.78 is 10.1. The molecular weight excluding hydrogens is 226 g/mol. The first-order valence-electron chi connectivity index (χ1n) is 4.79. The van der Waals surface area contributed by atoms with E-state index < -0.39 is 0 Å². The molecule has 92 valence electrons. The fourth-order valence-electron chi connectivity index (χ4n) is 1.70. The van der Waals surface area contributed by atoms with Crippen LogP contribution >= 0.6 is 0 Å². The number of fused-ring (bicyclic) bond motifs is 1. The van der Waals surface area contributed by atoms with E-state index in [1.165, 1.54) is 26.5 Å². The first kappa shape index (κ1) is 11.2. The van der Waals surface area contributed by atoms with Crippen LogP contribution in [0.2, 0.25) is 0 Å². The van der Waals surface area contributed by atoms with Crippen LogP contribution in [0.1, 0.15) is 5.56 Å². The van der Waals surface area contributed by atoms with Crippen LogP contribution in [0.15, 0.2) is 6.20 Å². The van der Waals surface area contributed by atoms with Gasteiger partial charge in [0, 0.05) is 5.56 Å². The standard InChI is InChI=1S/C10H13N3O4/c1-16-9-6(11)7-5(3-4-13(15)12-7)8(14)10(9)17-2/h3-4,12,14-15H,11H2,1-2H3. The van der Waals surface area contributed by atoms with Crippen LogP contribution in [0, 0.1) is 0 Å². The van der Waals surface area contributed by atoms with Crippen LogP contribution in [-0.2, 0) is 0 Å². The third kappa shape index (κ3) is 1.56. The van der Waals surface area contributed by atoms with E-state index in [-0.39, 0.29) is 22.9 Å². The zero-order chi connectivity index (χ0) is 12.6. The number of hydrogen-bond acceptors (Lipinski definition) is 7. The number of nitrogen functional groups attached to an aromatic ring is 1. The number of rotatable bonds is 2. The van der Waals surface area contributed by atoms with Crippen molar-refractivity contribution < 1.29 is 19.8 Å². The predicted molar refractivity (Wildman–Crippen MR) is 61.9 cm³/mol. The summed E-state index contributed by atoms with van der Waals surface area (Å²) in [5, 5.41) is 20.0. The summed E-state index contributed by atoms with van der Waals surface area (Å²) in [7, 11) is 2.82. The van der Waals surface area contributed by atoms with Crippen molar-refractivity contribution in [3.63, 3.8) is 0 Å². The largest absolute Gasteiger partial charge is 0.504 e. The van der Waals surface area contributed by atoms with Gasteiger partial charge in [-0.2, -0.15) is 5.17 Å². The fourth-order valence-corrected chi connectivity index (χ4v) is 1.70. The SMILES string of the molecule is COc1c(N)c2c(c(O)c1OC)C=CN(O)N2. The maximum absolute atomic E-state index is 10.0. The molecule has 0 amide bonds. The highest BCUT2D eigenvalue weighted by molar-refractivity contribution is 5.90. The summed E-state index contributed by atoms with van der Waals surface area (Å²) in [5.74, 6) is 0.256. The number of anilines is 2. The minimum Gasteiger partial charge on any atom is -0.504 e. The summed E-state index contributed by atoms with van der Waals surface area (Å²) in [4.78, 5) is 0. The zero-order valence-electron chi connectivity index (χ0n) is 9.39. The van der Waals surface area contributed by atoms with Gasteiger partial charge in [0.05, 0.1) is 26.1 Å². The average molecular weight is 239 g/mol. The van der Waals surface area contributed by atoms with Crippen molar-refractivity contribution in [3.05, 3.63) is 11.8 Å². The maximum atomic E-state index is 10.0. The number of hydrogen-bond donors (Lipinski definition) is 4. The number of phenols is 1. The topological polar surface area (TPSA) is 100 Å². The van der Waals surface area contributed by atoms with Gasteiger partial charge in [0.15, 0.2) is 11.5 Å². The second kappa shape index (κ2) is 3.95. The highest BCUT2D eigenvalue weighted by Gasteiger charge is 2.25. The van der Waals surface area contributed by atoms with E-state index in [4.69, 9.17) is 15.2 Å². The van der Waals surface area contributed by atoms with Gasteiger partial charge in [0.2, 0.25) is 5.75 Å². The number of benzene rings is 1. The third-order valence-corrected chi connectivity index (χ3v) is 2.48. The van der Waals surface area contributed by atoms with Crippen molar-refractivity contribution in [1.82, 2.24) is 5.17 Å². The molecule has 1 aliphatic heterocycles. The van der Waals surface area contributed by atoms with E-state index in [0.717, 1.165) is 5.17 Å². The summed E-state index contributed by atoms with van der Waals surface area (Å²) in [6, 6.07) is 0. The molecule has 7 nitrogen and oxygen atoms in total. The van der Waals surface area contributed by atoms with Crippen molar-refractivity contribution in [2.75, 3.05) is 25.4 Å². The first-order chi connectivity index (χ1) is 8.10. The smallest absolute Gasteiger partial charge is 0.206 e. The van der Waals surface area contributed by atoms with Crippen LogP contribution in [0.4, 0.5) is 11.4 Å². The van der Waals surface area contributed by atoms with Gasteiger partial charge in [-0.15, -0.1) is 0 Å². The van der Waals surface area contributed by atoms with Crippen molar-refractivity contribution in [3.8, 4) is 17.2 Å². The van der Waals surface area contributed by atoms with Gasteiger partial charge in [-0.1, -0.05) is 0 Å². The van der Waals surface area contributed by atoms with Crippen molar-refractivity contribution in [2.45, 2.75) is 0 Å². The molecule has 17 heavy (non-hydrogen) atoms. The molecule has 0 aromatic heterocycles. The van der Waals surface area contributed by atoms with Gasteiger partial charge in [-0.25, -0.2) is 0 Å². The van der Waals surface area contributed by atoms with Gasteiger partial charge in [-0.05, 0) is 6.08 Å². The van der Waals surface area contributed by atoms with Crippen molar-refractivity contribution >= 4 is 17.5 Å². The molecule has 1 aliphatic rings. The van der Waals surface area contributed by atoms with E-state index in [1.807, 2.05) is 0 Å². The van der Waals surface area contributed by atoms with Crippen LogP contribution < -0.4 is 20.6 Å². The Morgan fingerprint density at radius 2 is 1.94 bits per heavy atom. The lowest BCUT2D eigenvalue weighted by atomic mass is 10.1. The number of phenolic OH excluding ortho intramolecular Hbond substituents is 1. The van der Waals surface area contributed by atoms with Gasteiger partial charge in [-0.3, -0.25) is 10.6 Å². The molecule has 2 rings (SSSR count). The molecule has 0 unspecified atom stereocenters. The Bertz CT molecular complexity index is 487. The van der Waals surface area contributed by atoms with Crippen molar-refractivity contribution in [2.24, 2.45) is 0 Å². The Morgan fingerprint density at radius 1 is 1.29 bits per heavy atom. The molecule has 0 saturated carbocycles. The normalized spacial score (nSPS) is 13.0. The number of nitrogens with one attached hydrogen (secondary N) is 1. The molecule has 0 aliphatic carbocycles. The number of hydrazine groups is 1. The molecule has 0 fully saturated rings. The number of nitrogens with two attached hydrogens (primary N) is 1. The van der Waals surface area contributed by atoms with Crippen molar-refractivity contribution in [1.29, 1.82) is 0 Å². The summed E-state index contributed by atoms with van der Waals surface area (Å²) in [6.07, 6.45) is 2.83. The van der Waals surface area contributed by atoms with Crippen LogP contribution in [0.25, 0.3) is 6.08 Å². The molecule has 5 N–H and O–H groups in total. The lowest BCUT2D eigenvalue weighted by Gasteiger charge is -2.25. The summed E-state index contributed by atoms with van der Waals surface area (Å²) in [5.41, 5.74) is 9.46. The molecule has 0 spiro atoms. The number of hydroxylamine groups is 1. The second-order valence-electron chi connectivity index (χ2n) is 3.39. The van der Waals surface area contributed by atoms with Gasteiger partial charge < -0.3 is 20.3 Å². The highest BCUT2D eigenvalue weighted by atomic mass is 16.5. The lowest BCUT2D eigenvalue weighted by Crippen LogP contribution is -2.24. The second-order valence-corrected chi connectivity index (χ2v) is 3.39. The van der Waals surface area contributed by atoms with Gasteiger partial charge in [0.1, 0.15) is 5.69 Å². The van der Waals surface area contributed by atoms with E-state index in [9.17, 15) is 10.3 Å².